The molecular weight excluding hydrogens is 230 g/mol. The summed E-state index contributed by atoms with van der Waals surface area (Å²) in [6.07, 6.45) is 6.47. The molecule has 2 rings (SSSR count). The molecule has 18 heavy (non-hydrogen) atoms. The van der Waals surface area contributed by atoms with Gasteiger partial charge in [0.05, 0.1) is 0 Å². The third kappa shape index (κ3) is 3.03. The van der Waals surface area contributed by atoms with Crippen LogP contribution in [-0.4, -0.2) is 35.0 Å². The van der Waals surface area contributed by atoms with Gasteiger partial charge in [0.1, 0.15) is 6.54 Å². The van der Waals surface area contributed by atoms with E-state index in [1.54, 1.807) is 0 Å². The second kappa shape index (κ2) is 5.72. The van der Waals surface area contributed by atoms with Crippen LogP contribution in [-0.2, 0) is 9.59 Å². The van der Waals surface area contributed by atoms with Crippen molar-refractivity contribution in [3.8, 4) is 0 Å². The van der Waals surface area contributed by atoms with Crippen LogP contribution in [0.15, 0.2) is 0 Å². The van der Waals surface area contributed by atoms with Gasteiger partial charge in [0.15, 0.2) is 0 Å². The highest BCUT2D eigenvalue weighted by atomic mass is 16.4. The topological polar surface area (TPSA) is 57.6 Å². The lowest BCUT2D eigenvalue weighted by Gasteiger charge is -2.25. The van der Waals surface area contributed by atoms with E-state index in [1.807, 2.05) is 6.92 Å². The first-order valence-corrected chi connectivity index (χ1v) is 7.09. The number of amides is 1. The van der Waals surface area contributed by atoms with E-state index in [-0.39, 0.29) is 12.5 Å². The zero-order valence-electron chi connectivity index (χ0n) is 11.1. The minimum atomic E-state index is -0.912. The second-order valence-corrected chi connectivity index (χ2v) is 5.85. The molecule has 0 aromatic carbocycles. The smallest absolute Gasteiger partial charge is 0.323 e. The number of carboxylic acids is 1. The van der Waals surface area contributed by atoms with Crippen LogP contribution in [0.25, 0.3) is 0 Å². The molecule has 3 atom stereocenters. The molecule has 0 radical (unpaired) electrons. The van der Waals surface area contributed by atoms with Crippen LogP contribution in [0.5, 0.6) is 0 Å². The summed E-state index contributed by atoms with van der Waals surface area (Å²) in [7, 11) is 0. The molecule has 0 saturated heterocycles. The number of carbonyl (C=O) groups excluding carboxylic acids is 1. The van der Waals surface area contributed by atoms with E-state index < -0.39 is 5.97 Å². The molecule has 1 amide bonds. The Morgan fingerprint density at radius 1 is 1.28 bits per heavy atom. The summed E-state index contributed by atoms with van der Waals surface area (Å²) in [6, 6.07) is 0. The molecule has 4 heteroatoms. The maximum Gasteiger partial charge on any atom is 0.323 e. The van der Waals surface area contributed by atoms with Crippen LogP contribution < -0.4 is 0 Å². The first kappa shape index (κ1) is 13.4. The minimum absolute atomic E-state index is 0.0387. The van der Waals surface area contributed by atoms with Crippen LogP contribution in [0.3, 0.4) is 0 Å². The number of hydrogen-bond acceptors (Lipinski definition) is 2. The molecule has 1 N–H and O–H groups in total. The third-order valence-electron chi connectivity index (χ3n) is 4.49. The second-order valence-electron chi connectivity index (χ2n) is 5.85. The number of carbonyl (C=O) groups is 2. The quantitative estimate of drug-likeness (QED) is 0.789. The van der Waals surface area contributed by atoms with Crippen LogP contribution in [0.4, 0.5) is 0 Å². The number of fused-ring (bicyclic) bond motifs is 2. The fraction of sp³-hybridized carbons (Fsp3) is 0.857. The van der Waals surface area contributed by atoms with E-state index in [9.17, 15) is 9.59 Å². The lowest BCUT2D eigenvalue weighted by Crippen LogP contribution is -2.37. The van der Waals surface area contributed by atoms with Gasteiger partial charge >= 0.3 is 5.97 Å². The van der Waals surface area contributed by atoms with E-state index in [4.69, 9.17) is 5.11 Å². The number of carboxylic acid groups (broad SMARTS) is 1. The minimum Gasteiger partial charge on any atom is -0.480 e. The van der Waals surface area contributed by atoms with E-state index in [0.29, 0.717) is 18.9 Å². The zero-order chi connectivity index (χ0) is 13.1. The molecule has 3 unspecified atom stereocenters. The van der Waals surface area contributed by atoms with Crippen molar-refractivity contribution in [1.82, 2.24) is 4.90 Å². The van der Waals surface area contributed by atoms with Crippen molar-refractivity contribution in [3.05, 3.63) is 0 Å². The average molecular weight is 253 g/mol. The molecule has 2 aliphatic rings. The fourth-order valence-corrected chi connectivity index (χ4v) is 3.70. The summed E-state index contributed by atoms with van der Waals surface area (Å²) in [4.78, 5) is 24.4. The van der Waals surface area contributed by atoms with Gasteiger partial charge in [-0.2, -0.15) is 0 Å². The van der Waals surface area contributed by atoms with E-state index >= 15 is 0 Å². The fourth-order valence-electron chi connectivity index (χ4n) is 3.70. The molecule has 0 aromatic rings. The number of nitrogens with zero attached hydrogens (tertiary/aromatic N) is 1. The normalized spacial score (nSPS) is 29.5. The van der Waals surface area contributed by atoms with Crippen molar-refractivity contribution in [3.63, 3.8) is 0 Å². The van der Waals surface area contributed by atoms with Crippen molar-refractivity contribution in [1.29, 1.82) is 0 Å². The molecule has 4 nitrogen and oxygen atoms in total. The lowest BCUT2D eigenvalue weighted by molar-refractivity contribution is -0.145. The number of hydrogen-bond donors (Lipinski definition) is 1. The Labute approximate surface area is 108 Å². The Bertz CT molecular complexity index is 329. The predicted molar refractivity (Wildman–Crippen MR) is 68.1 cm³/mol. The van der Waals surface area contributed by atoms with Crippen molar-refractivity contribution >= 4 is 11.9 Å². The Hall–Kier alpha value is -1.06. The lowest BCUT2D eigenvalue weighted by atomic mass is 9.86. The molecule has 2 fully saturated rings. The van der Waals surface area contributed by atoms with Gasteiger partial charge in [-0.15, -0.1) is 0 Å². The van der Waals surface area contributed by atoms with E-state index in [1.165, 1.54) is 30.6 Å². The van der Waals surface area contributed by atoms with Crippen LogP contribution in [0.2, 0.25) is 0 Å². The molecule has 2 bridgehead atoms. The monoisotopic (exact) mass is 253 g/mol. The molecular formula is C14H23NO3. The molecule has 0 aromatic heterocycles. The highest BCUT2D eigenvalue weighted by molar-refractivity contribution is 5.81. The summed E-state index contributed by atoms with van der Waals surface area (Å²) in [5, 5.41) is 8.83. The summed E-state index contributed by atoms with van der Waals surface area (Å²) in [6.45, 7) is 2.39. The molecule has 0 spiro atoms. The van der Waals surface area contributed by atoms with E-state index in [2.05, 4.69) is 0 Å². The van der Waals surface area contributed by atoms with Crippen molar-refractivity contribution in [2.75, 3.05) is 13.1 Å². The molecule has 0 heterocycles. The summed E-state index contributed by atoms with van der Waals surface area (Å²) >= 11 is 0. The Morgan fingerprint density at radius 2 is 2.06 bits per heavy atom. The maximum atomic E-state index is 12.2. The van der Waals surface area contributed by atoms with Gasteiger partial charge in [0.25, 0.3) is 0 Å². The first-order valence-electron chi connectivity index (χ1n) is 7.09. The average Bonchev–Trinajstić information content (AvgIpc) is 2.89. The Morgan fingerprint density at radius 3 is 2.56 bits per heavy atom. The van der Waals surface area contributed by atoms with Crippen LogP contribution in [0, 0.1) is 17.8 Å². The van der Waals surface area contributed by atoms with Crippen LogP contribution in [0.1, 0.15) is 45.4 Å². The predicted octanol–water partition coefficient (Wildman–Crippen LogP) is 2.14. The Kier molecular flexibility index (Phi) is 4.25. The summed E-state index contributed by atoms with van der Waals surface area (Å²) < 4.78 is 0. The molecule has 2 saturated carbocycles. The van der Waals surface area contributed by atoms with Crippen molar-refractivity contribution in [2.24, 2.45) is 17.8 Å². The SMILES string of the molecule is CCCN(CC(=O)O)C(=O)CC1CC2CCC1C2. The molecule has 2 aliphatic carbocycles. The van der Waals surface area contributed by atoms with Gasteiger partial charge in [-0.3, -0.25) is 9.59 Å². The van der Waals surface area contributed by atoms with Gasteiger partial charge in [0.2, 0.25) is 5.91 Å². The molecule has 102 valence electrons. The highest BCUT2D eigenvalue weighted by Gasteiger charge is 2.40. The third-order valence-corrected chi connectivity index (χ3v) is 4.49. The van der Waals surface area contributed by atoms with Gasteiger partial charge in [0, 0.05) is 13.0 Å². The first-order chi connectivity index (χ1) is 8.60. The van der Waals surface area contributed by atoms with Gasteiger partial charge < -0.3 is 10.0 Å². The van der Waals surface area contributed by atoms with Gasteiger partial charge in [-0.05, 0) is 43.4 Å². The standard InChI is InChI=1S/C14H23NO3/c1-2-5-15(9-14(17)18)13(16)8-12-7-10-3-4-11(12)6-10/h10-12H,2-9H2,1H3,(H,17,18). The zero-order valence-corrected chi connectivity index (χ0v) is 11.1. The highest BCUT2D eigenvalue weighted by Crippen LogP contribution is 2.49. The maximum absolute atomic E-state index is 12.2. The van der Waals surface area contributed by atoms with Crippen molar-refractivity contribution < 1.29 is 14.7 Å². The van der Waals surface area contributed by atoms with Gasteiger partial charge in [-0.25, -0.2) is 0 Å². The van der Waals surface area contributed by atoms with E-state index in [0.717, 1.165) is 18.3 Å². The Balaban J connectivity index is 1.86. The van der Waals surface area contributed by atoms with Crippen LogP contribution >= 0.6 is 0 Å². The summed E-state index contributed by atoms with van der Waals surface area (Å²) in [5.41, 5.74) is 0. The summed E-state index contributed by atoms with van der Waals surface area (Å²) in [5.74, 6) is 1.21. The van der Waals surface area contributed by atoms with Crippen molar-refractivity contribution in [2.45, 2.75) is 45.4 Å². The van der Waals surface area contributed by atoms with Gasteiger partial charge in [-0.1, -0.05) is 13.3 Å². The molecule has 0 aliphatic heterocycles. The number of rotatable bonds is 6. The number of aliphatic carboxylic acids is 1. The largest absolute Gasteiger partial charge is 0.480 e.